The predicted molar refractivity (Wildman–Crippen MR) is 97.6 cm³/mol. The molecule has 2 N–H and O–H groups in total. The number of rotatable bonds is 4. The lowest BCUT2D eigenvalue weighted by Gasteiger charge is -2.24. The number of nitrogens with one attached hydrogen (secondary N) is 2. The molecule has 4 nitrogen and oxygen atoms in total. The van der Waals surface area contributed by atoms with Crippen molar-refractivity contribution in [2.75, 3.05) is 13.1 Å². The molecule has 4 rings (SSSR count). The summed E-state index contributed by atoms with van der Waals surface area (Å²) in [5, 5.41) is 7.83. The zero-order valence-corrected chi connectivity index (χ0v) is 15.8. The summed E-state index contributed by atoms with van der Waals surface area (Å²) in [4.78, 5) is 18.4. The number of carbonyl (C=O) groups is 1. The van der Waals surface area contributed by atoms with Gasteiger partial charge in [-0.2, -0.15) is 0 Å². The van der Waals surface area contributed by atoms with Gasteiger partial charge in [-0.05, 0) is 63.5 Å². The fraction of sp³-hybridized carbons (Fsp3) is 0.750. The molecule has 1 aromatic rings. The normalized spacial score (nSPS) is 25.9. The van der Waals surface area contributed by atoms with Crippen molar-refractivity contribution in [1.29, 1.82) is 0 Å². The van der Waals surface area contributed by atoms with E-state index in [1.165, 1.54) is 17.7 Å². The van der Waals surface area contributed by atoms with E-state index >= 15 is 0 Å². The molecule has 2 aliphatic carbocycles. The number of carbonyl (C=O) groups excluding carboxylic acids is 1. The smallest absolute Gasteiger partial charge is 0.224 e. The van der Waals surface area contributed by atoms with Gasteiger partial charge in [-0.1, -0.05) is 0 Å². The van der Waals surface area contributed by atoms with E-state index in [1.807, 2.05) is 6.20 Å². The van der Waals surface area contributed by atoms with E-state index in [2.05, 4.69) is 22.5 Å². The van der Waals surface area contributed by atoms with Gasteiger partial charge in [0.1, 0.15) is 5.01 Å². The van der Waals surface area contributed by atoms with Gasteiger partial charge in [0.15, 0.2) is 0 Å². The van der Waals surface area contributed by atoms with Crippen LogP contribution in [0.15, 0.2) is 6.20 Å². The fourth-order valence-corrected chi connectivity index (χ4v) is 4.70. The zero-order valence-electron chi connectivity index (χ0n) is 13.3. The number of hydrogen-bond acceptors (Lipinski definition) is 4. The fourth-order valence-electron chi connectivity index (χ4n) is 3.78. The summed E-state index contributed by atoms with van der Waals surface area (Å²) < 4.78 is 0. The quantitative estimate of drug-likeness (QED) is 0.846. The van der Waals surface area contributed by atoms with Crippen molar-refractivity contribution in [1.82, 2.24) is 15.6 Å². The summed E-state index contributed by atoms with van der Waals surface area (Å²) in [5.74, 6) is 1.14. The second kappa shape index (κ2) is 7.26. The lowest BCUT2D eigenvalue weighted by Crippen LogP contribution is -2.35. The molecule has 130 valence electrons. The van der Waals surface area contributed by atoms with Crippen molar-refractivity contribution in [3.63, 3.8) is 0 Å². The van der Waals surface area contributed by atoms with Gasteiger partial charge in [0, 0.05) is 17.0 Å². The number of aromatic nitrogens is 1. The van der Waals surface area contributed by atoms with Crippen LogP contribution in [0.25, 0.3) is 0 Å². The molecule has 23 heavy (non-hydrogen) atoms. The van der Waals surface area contributed by atoms with Crippen LogP contribution < -0.4 is 10.6 Å². The van der Waals surface area contributed by atoms with Crippen LogP contribution in [0.3, 0.4) is 0 Å². The minimum absolute atomic E-state index is 0. The van der Waals surface area contributed by atoms with E-state index in [1.54, 1.807) is 11.3 Å². The molecular weight excluding hydrogens is 353 g/mol. The third kappa shape index (κ3) is 3.84. The lowest BCUT2D eigenvalue weighted by molar-refractivity contribution is -0.124. The van der Waals surface area contributed by atoms with Crippen molar-refractivity contribution in [2.45, 2.75) is 45.1 Å². The molecule has 2 heterocycles. The van der Waals surface area contributed by atoms with Gasteiger partial charge < -0.3 is 10.6 Å². The van der Waals surface area contributed by atoms with Crippen LogP contribution in [0.2, 0.25) is 0 Å². The molecule has 1 saturated heterocycles. The average Bonchev–Trinajstić information content (AvgIpc) is 3.38. The van der Waals surface area contributed by atoms with Gasteiger partial charge in [-0.3, -0.25) is 4.79 Å². The highest BCUT2D eigenvalue weighted by atomic mass is 35.5. The molecular formula is C16H25Cl2N3OS. The maximum Gasteiger partial charge on any atom is 0.224 e. The Morgan fingerprint density at radius 1 is 1.39 bits per heavy atom. The zero-order chi connectivity index (χ0) is 14.4. The molecule has 3 fully saturated rings. The molecule has 2 atom stereocenters. The maximum absolute atomic E-state index is 12.6. The van der Waals surface area contributed by atoms with Crippen molar-refractivity contribution in [3.8, 4) is 0 Å². The van der Waals surface area contributed by atoms with Crippen LogP contribution in [-0.4, -0.2) is 24.0 Å². The SMILES string of the molecule is Cc1cnc(C(NC(=O)C2CC23CCNCC3)C2CC2)s1.Cl.Cl. The van der Waals surface area contributed by atoms with Crippen LogP contribution in [0.4, 0.5) is 0 Å². The third-order valence-corrected chi connectivity index (χ3v) is 6.40. The van der Waals surface area contributed by atoms with Crippen molar-refractivity contribution in [2.24, 2.45) is 17.3 Å². The highest BCUT2D eigenvalue weighted by Crippen LogP contribution is 2.59. The van der Waals surface area contributed by atoms with Crippen molar-refractivity contribution in [3.05, 3.63) is 16.1 Å². The summed E-state index contributed by atoms with van der Waals surface area (Å²) in [6.07, 6.45) is 7.79. The Hall–Kier alpha value is -0.360. The molecule has 1 spiro atoms. The van der Waals surface area contributed by atoms with Crippen molar-refractivity contribution >= 4 is 42.1 Å². The molecule has 3 aliphatic rings. The summed E-state index contributed by atoms with van der Waals surface area (Å²) in [6.45, 7) is 4.22. The predicted octanol–water partition coefficient (Wildman–Crippen LogP) is 3.25. The van der Waals surface area contributed by atoms with Gasteiger partial charge in [0.25, 0.3) is 0 Å². The molecule has 2 saturated carbocycles. The van der Waals surface area contributed by atoms with E-state index in [9.17, 15) is 4.79 Å². The maximum atomic E-state index is 12.6. The Morgan fingerprint density at radius 2 is 2.09 bits per heavy atom. The van der Waals surface area contributed by atoms with Crippen LogP contribution in [0, 0.1) is 24.2 Å². The number of halogens is 2. The molecule has 7 heteroatoms. The molecule has 1 amide bonds. The molecule has 1 aliphatic heterocycles. The minimum atomic E-state index is 0. The number of thiazole rings is 1. The van der Waals surface area contributed by atoms with Gasteiger partial charge in [-0.15, -0.1) is 36.2 Å². The number of hydrogen-bond donors (Lipinski definition) is 2. The van der Waals surface area contributed by atoms with E-state index in [0.29, 0.717) is 11.3 Å². The van der Waals surface area contributed by atoms with E-state index < -0.39 is 0 Å². The lowest BCUT2D eigenvalue weighted by atomic mass is 9.91. The highest BCUT2D eigenvalue weighted by Gasteiger charge is 2.58. The third-order valence-electron chi connectivity index (χ3n) is 5.40. The monoisotopic (exact) mass is 377 g/mol. The molecule has 2 unspecified atom stereocenters. The Kier molecular flexibility index (Phi) is 5.99. The molecule has 0 radical (unpaired) electrons. The number of amides is 1. The first-order valence-electron chi connectivity index (χ1n) is 8.11. The summed E-state index contributed by atoms with van der Waals surface area (Å²) in [6, 6.07) is 0.163. The van der Waals surface area contributed by atoms with Gasteiger partial charge in [0.05, 0.1) is 6.04 Å². The minimum Gasteiger partial charge on any atom is -0.346 e. The molecule has 0 aromatic carbocycles. The van der Waals surface area contributed by atoms with Gasteiger partial charge in [0.2, 0.25) is 5.91 Å². The number of piperidine rings is 1. The number of nitrogens with zero attached hydrogens (tertiary/aromatic N) is 1. The van der Waals surface area contributed by atoms with Gasteiger partial charge >= 0.3 is 0 Å². The Balaban J connectivity index is 0.000000960. The second-order valence-electron chi connectivity index (χ2n) is 7.00. The standard InChI is InChI=1S/C16H23N3OS.2ClH/c1-10-9-18-15(21-10)13(11-2-3-11)19-14(20)12-8-16(12)4-6-17-7-5-16;;/h9,11-13,17H,2-8H2,1H3,(H,19,20);2*1H. The summed E-state index contributed by atoms with van der Waals surface area (Å²) >= 11 is 1.73. The second-order valence-corrected chi connectivity index (χ2v) is 8.27. The van der Waals surface area contributed by atoms with Crippen LogP contribution >= 0.6 is 36.2 Å². The molecule has 0 bridgehead atoms. The van der Waals surface area contributed by atoms with Crippen molar-refractivity contribution < 1.29 is 4.79 Å². The van der Waals surface area contributed by atoms with E-state index in [-0.39, 0.29) is 42.7 Å². The first-order valence-corrected chi connectivity index (χ1v) is 8.93. The van der Waals surface area contributed by atoms with Gasteiger partial charge in [-0.25, -0.2) is 4.98 Å². The summed E-state index contributed by atoms with van der Waals surface area (Å²) in [5.41, 5.74) is 0.322. The molecule has 1 aromatic heterocycles. The average molecular weight is 378 g/mol. The Morgan fingerprint density at radius 3 is 2.65 bits per heavy atom. The first-order chi connectivity index (χ1) is 10.2. The highest BCUT2D eigenvalue weighted by molar-refractivity contribution is 7.11. The largest absolute Gasteiger partial charge is 0.346 e. The topological polar surface area (TPSA) is 54.0 Å². The summed E-state index contributed by atoms with van der Waals surface area (Å²) in [7, 11) is 0. The Bertz CT molecular complexity index is 555. The number of aryl methyl sites for hydroxylation is 1. The van der Waals surface area contributed by atoms with Crippen LogP contribution in [0.5, 0.6) is 0 Å². The van der Waals surface area contributed by atoms with E-state index in [0.717, 1.165) is 37.4 Å². The van der Waals surface area contributed by atoms with Crippen LogP contribution in [0.1, 0.15) is 48.0 Å². The Labute approximate surface area is 154 Å². The van der Waals surface area contributed by atoms with E-state index in [4.69, 9.17) is 0 Å². The van der Waals surface area contributed by atoms with Crippen LogP contribution in [-0.2, 0) is 4.79 Å². The first kappa shape index (κ1) is 19.0.